The van der Waals surface area contributed by atoms with Gasteiger partial charge in [-0.15, -0.1) is 0 Å². The Hall–Kier alpha value is -4.63. The Morgan fingerprint density at radius 1 is 0.892 bits per heavy atom. The van der Waals surface area contributed by atoms with E-state index in [1.807, 2.05) is 6.92 Å². The quantitative estimate of drug-likeness (QED) is 0.331. The molecular formula is C27H22ClN3O6. The Morgan fingerprint density at radius 3 is 2.24 bits per heavy atom. The number of nitrogens with one attached hydrogen (secondary N) is 2. The number of methoxy groups -OCH3 is 1. The number of rotatable bonds is 8. The zero-order chi connectivity index (χ0) is 26.5. The summed E-state index contributed by atoms with van der Waals surface area (Å²) in [6, 6.07) is 19.1. The van der Waals surface area contributed by atoms with Crippen LogP contribution in [-0.4, -0.2) is 37.4 Å². The van der Waals surface area contributed by atoms with Gasteiger partial charge in [0.15, 0.2) is 0 Å². The first-order valence-corrected chi connectivity index (χ1v) is 11.6. The zero-order valence-electron chi connectivity index (χ0n) is 19.9. The summed E-state index contributed by atoms with van der Waals surface area (Å²) >= 11 is 6.21. The lowest BCUT2D eigenvalue weighted by atomic mass is 10.1. The van der Waals surface area contributed by atoms with E-state index in [1.54, 1.807) is 42.5 Å². The second kappa shape index (κ2) is 11.0. The number of amides is 3. The van der Waals surface area contributed by atoms with Gasteiger partial charge in [-0.05, 0) is 73.7 Å². The van der Waals surface area contributed by atoms with Crippen LogP contribution in [-0.2, 0) is 14.3 Å². The van der Waals surface area contributed by atoms with E-state index < -0.39 is 17.8 Å². The molecule has 0 bridgehead atoms. The number of benzene rings is 3. The molecule has 1 heterocycles. The maximum atomic E-state index is 13.1. The van der Waals surface area contributed by atoms with E-state index >= 15 is 0 Å². The van der Waals surface area contributed by atoms with Crippen LogP contribution in [0.15, 0.2) is 83.5 Å². The van der Waals surface area contributed by atoms with Crippen molar-refractivity contribution < 1.29 is 28.7 Å². The minimum absolute atomic E-state index is 0.132. The number of carbonyl (C=O) groups is 4. The summed E-state index contributed by atoms with van der Waals surface area (Å²) in [5.74, 6) is -1.61. The first kappa shape index (κ1) is 25.5. The SMILES string of the molecule is CCOc1ccc(NC(=O)c2cccc(NC3=C(Cl)C(=O)N(c4ccc(C(=O)OC)cc4)C3=O)c2)cc1. The molecule has 3 aromatic carbocycles. The molecule has 0 radical (unpaired) electrons. The van der Waals surface area contributed by atoms with Gasteiger partial charge in [0.2, 0.25) is 0 Å². The number of esters is 1. The van der Waals surface area contributed by atoms with Crippen LogP contribution in [0, 0.1) is 0 Å². The Balaban J connectivity index is 1.48. The van der Waals surface area contributed by atoms with Gasteiger partial charge in [0.1, 0.15) is 16.5 Å². The molecule has 0 spiro atoms. The fourth-order valence-electron chi connectivity index (χ4n) is 3.60. The van der Waals surface area contributed by atoms with E-state index in [4.69, 9.17) is 16.3 Å². The van der Waals surface area contributed by atoms with E-state index in [2.05, 4.69) is 15.4 Å². The average molecular weight is 520 g/mol. The molecule has 1 aliphatic heterocycles. The number of ether oxygens (including phenoxy) is 2. The maximum absolute atomic E-state index is 13.1. The van der Waals surface area contributed by atoms with Gasteiger partial charge in [-0.1, -0.05) is 17.7 Å². The molecule has 10 heteroatoms. The van der Waals surface area contributed by atoms with E-state index in [1.165, 1.54) is 37.4 Å². The Kier molecular flexibility index (Phi) is 7.55. The molecule has 2 N–H and O–H groups in total. The van der Waals surface area contributed by atoms with Crippen LogP contribution in [0.5, 0.6) is 5.75 Å². The number of carbonyl (C=O) groups excluding carboxylic acids is 4. The lowest BCUT2D eigenvalue weighted by Gasteiger charge is -2.15. The summed E-state index contributed by atoms with van der Waals surface area (Å²) in [5, 5.41) is 5.35. The van der Waals surface area contributed by atoms with Gasteiger partial charge in [0.25, 0.3) is 17.7 Å². The minimum atomic E-state index is -0.718. The molecule has 0 saturated heterocycles. The predicted molar refractivity (Wildman–Crippen MR) is 139 cm³/mol. The number of hydrogen-bond donors (Lipinski definition) is 2. The molecule has 0 unspecified atom stereocenters. The summed E-state index contributed by atoms with van der Waals surface area (Å²) < 4.78 is 10.1. The highest BCUT2D eigenvalue weighted by Crippen LogP contribution is 2.30. The highest BCUT2D eigenvalue weighted by atomic mass is 35.5. The lowest BCUT2D eigenvalue weighted by molar-refractivity contribution is -0.120. The number of hydrogen-bond acceptors (Lipinski definition) is 7. The van der Waals surface area contributed by atoms with Gasteiger partial charge in [-0.25, -0.2) is 9.69 Å². The Bertz CT molecular complexity index is 1400. The summed E-state index contributed by atoms with van der Waals surface area (Å²) in [4.78, 5) is 51.1. The second-order valence-electron chi connectivity index (χ2n) is 7.79. The van der Waals surface area contributed by atoms with Gasteiger partial charge < -0.3 is 20.1 Å². The molecule has 0 aromatic heterocycles. The van der Waals surface area contributed by atoms with E-state index in [-0.39, 0.29) is 27.9 Å². The van der Waals surface area contributed by atoms with Gasteiger partial charge in [-0.3, -0.25) is 14.4 Å². The highest BCUT2D eigenvalue weighted by molar-refractivity contribution is 6.53. The van der Waals surface area contributed by atoms with Crippen molar-refractivity contribution in [2.75, 3.05) is 29.3 Å². The van der Waals surface area contributed by atoms with Crippen molar-refractivity contribution in [3.8, 4) is 5.75 Å². The standard InChI is InChI=1S/C27H22ClN3O6/c1-3-37-21-13-9-18(10-14-21)30-24(32)17-5-4-6-19(15-17)29-23-22(28)25(33)31(26(23)34)20-11-7-16(8-12-20)27(35)36-2/h4-15,29H,3H2,1-2H3,(H,30,32). The molecule has 0 atom stereocenters. The summed E-state index contributed by atoms with van der Waals surface area (Å²) in [7, 11) is 1.25. The van der Waals surface area contributed by atoms with Crippen molar-refractivity contribution in [2.45, 2.75) is 6.92 Å². The third-order valence-electron chi connectivity index (χ3n) is 5.39. The minimum Gasteiger partial charge on any atom is -0.494 e. The van der Waals surface area contributed by atoms with Crippen LogP contribution < -0.4 is 20.3 Å². The van der Waals surface area contributed by atoms with Crippen LogP contribution in [0.2, 0.25) is 0 Å². The maximum Gasteiger partial charge on any atom is 0.337 e. The van der Waals surface area contributed by atoms with Crippen LogP contribution in [0.1, 0.15) is 27.6 Å². The molecule has 188 valence electrons. The number of anilines is 3. The monoisotopic (exact) mass is 519 g/mol. The van der Waals surface area contributed by atoms with Crippen LogP contribution >= 0.6 is 11.6 Å². The largest absolute Gasteiger partial charge is 0.494 e. The van der Waals surface area contributed by atoms with Gasteiger partial charge >= 0.3 is 5.97 Å². The third-order valence-corrected chi connectivity index (χ3v) is 5.74. The highest BCUT2D eigenvalue weighted by Gasteiger charge is 2.39. The molecule has 0 aliphatic carbocycles. The van der Waals surface area contributed by atoms with Gasteiger partial charge in [0, 0.05) is 16.9 Å². The second-order valence-corrected chi connectivity index (χ2v) is 8.17. The molecule has 3 amide bonds. The fourth-order valence-corrected chi connectivity index (χ4v) is 3.81. The first-order valence-electron chi connectivity index (χ1n) is 11.2. The van der Waals surface area contributed by atoms with Crippen molar-refractivity contribution >= 4 is 52.4 Å². The van der Waals surface area contributed by atoms with Crippen molar-refractivity contribution in [3.05, 3.63) is 94.7 Å². The van der Waals surface area contributed by atoms with Crippen molar-refractivity contribution in [1.82, 2.24) is 0 Å². The molecule has 4 rings (SSSR count). The van der Waals surface area contributed by atoms with Gasteiger partial charge in [0.05, 0.1) is 25.0 Å². The van der Waals surface area contributed by atoms with Crippen molar-refractivity contribution in [1.29, 1.82) is 0 Å². The molecule has 1 aliphatic rings. The van der Waals surface area contributed by atoms with Crippen molar-refractivity contribution in [2.24, 2.45) is 0 Å². The Labute approximate surface area is 217 Å². The number of nitrogens with zero attached hydrogens (tertiary/aromatic N) is 1. The first-order chi connectivity index (χ1) is 17.8. The van der Waals surface area contributed by atoms with E-state index in [0.29, 0.717) is 29.3 Å². The van der Waals surface area contributed by atoms with Gasteiger partial charge in [-0.2, -0.15) is 0 Å². The zero-order valence-corrected chi connectivity index (χ0v) is 20.7. The van der Waals surface area contributed by atoms with E-state index in [0.717, 1.165) is 4.90 Å². The molecule has 3 aromatic rings. The number of imide groups is 1. The summed E-state index contributed by atoms with van der Waals surface area (Å²) in [5.41, 5.74) is 1.67. The van der Waals surface area contributed by atoms with Crippen LogP contribution in [0.3, 0.4) is 0 Å². The van der Waals surface area contributed by atoms with Crippen LogP contribution in [0.4, 0.5) is 17.1 Å². The van der Waals surface area contributed by atoms with Crippen LogP contribution in [0.25, 0.3) is 0 Å². The predicted octanol–water partition coefficient (Wildman–Crippen LogP) is 4.56. The number of halogens is 1. The Morgan fingerprint density at radius 2 is 1.59 bits per heavy atom. The normalized spacial score (nSPS) is 13.0. The van der Waals surface area contributed by atoms with Crippen molar-refractivity contribution in [3.63, 3.8) is 0 Å². The molecule has 37 heavy (non-hydrogen) atoms. The topological polar surface area (TPSA) is 114 Å². The fraction of sp³-hybridized carbons (Fsp3) is 0.111. The van der Waals surface area contributed by atoms with E-state index in [9.17, 15) is 19.2 Å². The molecule has 9 nitrogen and oxygen atoms in total. The molecule has 0 fully saturated rings. The summed E-state index contributed by atoms with van der Waals surface area (Å²) in [6.45, 7) is 2.43. The summed E-state index contributed by atoms with van der Waals surface area (Å²) in [6.07, 6.45) is 0. The molecular weight excluding hydrogens is 498 g/mol. The third kappa shape index (κ3) is 5.46. The average Bonchev–Trinajstić information content (AvgIpc) is 3.12. The molecule has 0 saturated carbocycles. The smallest absolute Gasteiger partial charge is 0.337 e. The lowest BCUT2D eigenvalue weighted by Crippen LogP contribution is -2.32.